The predicted molar refractivity (Wildman–Crippen MR) is 88.9 cm³/mol. The van der Waals surface area contributed by atoms with Crippen molar-refractivity contribution in [3.8, 4) is 0 Å². The van der Waals surface area contributed by atoms with Crippen molar-refractivity contribution >= 4 is 37.3 Å². The van der Waals surface area contributed by atoms with Crippen LogP contribution in [-0.2, 0) is 10.0 Å². The molecule has 0 radical (unpaired) electrons. The number of nitrogens with one attached hydrogen (secondary N) is 1. The Morgan fingerprint density at radius 3 is 2.71 bits per heavy atom. The van der Waals surface area contributed by atoms with Gasteiger partial charge in [0.1, 0.15) is 6.20 Å². The smallest absolute Gasteiger partial charge is 0.345 e. The summed E-state index contributed by atoms with van der Waals surface area (Å²) >= 11 is 0.813. The molecular weight excluding hydrogens is 356 g/mol. The van der Waals surface area contributed by atoms with Crippen LogP contribution in [0.5, 0.6) is 0 Å². The first kappa shape index (κ1) is 18.0. The third-order valence-corrected chi connectivity index (χ3v) is 5.73. The van der Waals surface area contributed by atoms with Gasteiger partial charge in [-0.3, -0.25) is 14.9 Å². The number of rotatable bonds is 7. The van der Waals surface area contributed by atoms with Gasteiger partial charge in [-0.15, -0.1) is 0 Å². The standard InChI is InChI=1S/C13H14N4O5S2/c1-16(2)24(21,22)10-5-3-4-9(6-10)11(18)7-14-13-15-8-12(23-13)17(19)20/h3-6,8H,7H2,1-2H3,(H,14,15). The minimum Gasteiger partial charge on any atom is -0.354 e. The van der Waals surface area contributed by atoms with Crippen LogP contribution >= 0.6 is 11.3 Å². The highest BCUT2D eigenvalue weighted by molar-refractivity contribution is 7.89. The molecule has 0 atom stereocenters. The molecule has 1 N–H and O–H groups in total. The highest BCUT2D eigenvalue weighted by atomic mass is 32.2. The third-order valence-electron chi connectivity index (χ3n) is 3.01. The van der Waals surface area contributed by atoms with Crippen molar-refractivity contribution in [2.45, 2.75) is 4.90 Å². The highest BCUT2D eigenvalue weighted by Gasteiger charge is 2.19. The summed E-state index contributed by atoms with van der Waals surface area (Å²) in [6.07, 6.45) is 1.10. The number of carbonyl (C=O) groups excluding carboxylic acids is 1. The molecule has 0 saturated heterocycles. The van der Waals surface area contributed by atoms with Gasteiger partial charge in [-0.25, -0.2) is 17.7 Å². The van der Waals surface area contributed by atoms with E-state index in [1.54, 1.807) is 0 Å². The maximum absolute atomic E-state index is 12.2. The summed E-state index contributed by atoms with van der Waals surface area (Å²) in [6, 6.07) is 5.69. The maximum Gasteiger partial charge on any atom is 0.345 e. The van der Waals surface area contributed by atoms with Crippen molar-refractivity contribution in [3.63, 3.8) is 0 Å². The largest absolute Gasteiger partial charge is 0.354 e. The first-order valence-electron chi connectivity index (χ1n) is 6.61. The molecule has 0 bridgehead atoms. The average molecular weight is 370 g/mol. The molecule has 0 unspecified atom stereocenters. The zero-order chi connectivity index (χ0) is 17.9. The van der Waals surface area contributed by atoms with Gasteiger partial charge in [0.2, 0.25) is 10.0 Å². The van der Waals surface area contributed by atoms with Crippen molar-refractivity contribution in [2.75, 3.05) is 26.0 Å². The number of carbonyl (C=O) groups is 1. The second-order valence-electron chi connectivity index (χ2n) is 4.85. The number of aromatic nitrogens is 1. The molecule has 0 aliphatic heterocycles. The Kier molecular flexibility index (Phi) is 5.26. The van der Waals surface area contributed by atoms with E-state index >= 15 is 0 Å². The van der Waals surface area contributed by atoms with Crippen molar-refractivity contribution in [1.29, 1.82) is 0 Å². The molecule has 0 aliphatic rings. The Morgan fingerprint density at radius 1 is 1.42 bits per heavy atom. The highest BCUT2D eigenvalue weighted by Crippen LogP contribution is 2.24. The summed E-state index contributed by atoms with van der Waals surface area (Å²) in [7, 11) is -0.824. The van der Waals surface area contributed by atoms with Crippen LogP contribution in [0.25, 0.3) is 0 Å². The van der Waals surface area contributed by atoms with Crippen LogP contribution < -0.4 is 5.32 Å². The number of ketones is 1. The SMILES string of the molecule is CN(C)S(=O)(=O)c1cccc(C(=O)CNc2ncc([N+](=O)[O-])s2)c1. The van der Waals surface area contributed by atoms with Gasteiger partial charge < -0.3 is 5.32 Å². The second-order valence-corrected chi connectivity index (χ2v) is 8.01. The Labute approximate surface area is 142 Å². The van der Waals surface area contributed by atoms with E-state index in [1.807, 2.05) is 0 Å². The molecule has 9 nitrogen and oxygen atoms in total. The van der Waals surface area contributed by atoms with Crippen LogP contribution in [0.4, 0.5) is 10.1 Å². The average Bonchev–Trinajstić information content (AvgIpc) is 3.01. The van der Waals surface area contributed by atoms with Crippen LogP contribution in [-0.4, -0.2) is 49.1 Å². The quantitative estimate of drug-likeness (QED) is 0.446. The summed E-state index contributed by atoms with van der Waals surface area (Å²) in [5, 5.41) is 13.4. The van der Waals surface area contributed by atoms with Crippen LogP contribution in [0.3, 0.4) is 0 Å². The number of anilines is 1. The van der Waals surface area contributed by atoms with Gasteiger partial charge in [0.05, 0.1) is 16.4 Å². The van der Waals surface area contributed by atoms with Gasteiger partial charge in [-0.05, 0) is 23.5 Å². The summed E-state index contributed by atoms with van der Waals surface area (Å²) in [6.45, 7) is -0.157. The van der Waals surface area contributed by atoms with E-state index in [2.05, 4.69) is 10.3 Å². The number of Topliss-reactive ketones (excluding diaryl/α,β-unsaturated/α-hetero) is 1. The molecule has 1 heterocycles. The molecule has 1 aromatic carbocycles. The van der Waals surface area contributed by atoms with Crippen LogP contribution in [0.1, 0.15) is 10.4 Å². The predicted octanol–water partition coefficient (Wildman–Crippen LogP) is 1.60. The molecule has 11 heteroatoms. The minimum absolute atomic E-state index is 0.0169. The van der Waals surface area contributed by atoms with E-state index in [9.17, 15) is 23.3 Å². The Bertz CT molecular complexity index is 876. The lowest BCUT2D eigenvalue weighted by molar-refractivity contribution is -0.380. The maximum atomic E-state index is 12.2. The molecule has 1 aromatic heterocycles. The molecule has 0 amide bonds. The number of sulfonamides is 1. The lowest BCUT2D eigenvalue weighted by Crippen LogP contribution is -2.22. The summed E-state index contributed by atoms with van der Waals surface area (Å²) < 4.78 is 25.2. The van der Waals surface area contributed by atoms with Gasteiger partial charge in [0.25, 0.3) is 0 Å². The number of hydrogen-bond acceptors (Lipinski definition) is 8. The summed E-state index contributed by atoms with van der Waals surface area (Å²) in [5.41, 5.74) is 0.219. The number of hydrogen-bond donors (Lipinski definition) is 1. The number of nitro groups is 1. The van der Waals surface area contributed by atoms with Crippen LogP contribution in [0, 0.1) is 10.1 Å². The zero-order valence-electron chi connectivity index (χ0n) is 12.8. The molecule has 0 fully saturated rings. The van der Waals surface area contributed by atoms with Gasteiger partial charge in [-0.1, -0.05) is 12.1 Å². The third kappa shape index (κ3) is 3.93. The molecule has 0 spiro atoms. The lowest BCUT2D eigenvalue weighted by Gasteiger charge is -2.12. The zero-order valence-corrected chi connectivity index (χ0v) is 14.4. The monoisotopic (exact) mass is 370 g/mol. The first-order chi connectivity index (χ1) is 11.2. The normalized spacial score (nSPS) is 11.5. The van der Waals surface area contributed by atoms with E-state index < -0.39 is 14.9 Å². The Balaban J connectivity index is 2.11. The fourth-order valence-electron chi connectivity index (χ4n) is 1.73. The lowest BCUT2D eigenvalue weighted by atomic mass is 10.1. The Hall–Kier alpha value is -2.37. The van der Waals surface area contributed by atoms with E-state index in [0.29, 0.717) is 0 Å². The van der Waals surface area contributed by atoms with Crippen LogP contribution in [0.15, 0.2) is 35.4 Å². The fraction of sp³-hybridized carbons (Fsp3) is 0.231. The number of thiazole rings is 1. The fourth-order valence-corrected chi connectivity index (χ4v) is 3.31. The molecule has 0 aliphatic carbocycles. The molecule has 2 rings (SSSR count). The van der Waals surface area contributed by atoms with Gasteiger partial charge in [0.15, 0.2) is 10.9 Å². The second kappa shape index (κ2) is 7.03. The van der Waals surface area contributed by atoms with E-state index in [4.69, 9.17) is 0 Å². The summed E-state index contributed by atoms with van der Waals surface area (Å²) in [4.78, 5) is 26.0. The Morgan fingerprint density at radius 2 is 2.12 bits per heavy atom. The van der Waals surface area contributed by atoms with E-state index in [-0.39, 0.29) is 32.9 Å². The van der Waals surface area contributed by atoms with Crippen LogP contribution in [0.2, 0.25) is 0 Å². The molecule has 2 aromatic rings. The minimum atomic E-state index is -3.63. The summed E-state index contributed by atoms with van der Waals surface area (Å²) in [5.74, 6) is -0.358. The van der Waals surface area contributed by atoms with E-state index in [1.165, 1.54) is 38.4 Å². The van der Waals surface area contributed by atoms with Gasteiger partial charge >= 0.3 is 5.00 Å². The van der Waals surface area contributed by atoms with Gasteiger partial charge in [-0.2, -0.15) is 0 Å². The van der Waals surface area contributed by atoms with Crippen molar-refractivity contribution in [3.05, 3.63) is 46.1 Å². The molecule has 0 saturated carbocycles. The van der Waals surface area contributed by atoms with Gasteiger partial charge in [0, 0.05) is 19.7 Å². The molecular formula is C13H14N4O5S2. The van der Waals surface area contributed by atoms with Crippen molar-refractivity contribution < 1.29 is 18.1 Å². The number of nitrogens with zero attached hydrogens (tertiary/aromatic N) is 3. The first-order valence-corrected chi connectivity index (χ1v) is 8.87. The topological polar surface area (TPSA) is 123 Å². The van der Waals surface area contributed by atoms with Crippen molar-refractivity contribution in [2.24, 2.45) is 0 Å². The van der Waals surface area contributed by atoms with Crippen molar-refractivity contribution in [1.82, 2.24) is 9.29 Å². The van der Waals surface area contributed by atoms with E-state index in [0.717, 1.165) is 21.8 Å². The number of benzene rings is 1. The molecule has 128 valence electrons. The molecule has 24 heavy (non-hydrogen) atoms.